The molecule has 2 aromatic carbocycles. The Morgan fingerprint density at radius 1 is 1.10 bits per heavy atom. The van der Waals surface area contributed by atoms with Crippen molar-refractivity contribution in [2.24, 2.45) is 5.14 Å². The van der Waals surface area contributed by atoms with Crippen molar-refractivity contribution in [3.8, 4) is 17.2 Å². The average Bonchev–Trinajstić information content (AvgIpc) is 2.75. The first kappa shape index (κ1) is 20.4. The molecule has 0 saturated heterocycles. The van der Waals surface area contributed by atoms with E-state index in [2.05, 4.69) is 20.9 Å². The van der Waals surface area contributed by atoms with Gasteiger partial charge in [-0.2, -0.15) is 0 Å². The number of nitrogens with two attached hydrogens (primary N) is 1. The lowest BCUT2D eigenvalue weighted by Gasteiger charge is -2.20. The molecule has 160 valence electrons. The maximum Gasteiger partial charge on any atom is 0.323 e. The molecule has 1 aromatic heterocycles. The Morgan fingerprint density at radius 2 is 1.87 bits per heavy atom. The number of fused-ring (bicyclic) bond motifs is 1. The summed E-state index contributed by atoms with van der Waals surface area (Å²) in [6.07, 6.45) is 1.63. The van der Waals surface area contributed by atoms with Gasteiger partial charge < -0.3 is 25.4 Å². The van der Waals surface area contributed by atoms with Crippen molar-refractivity contribution >= 4 is 33.2 Å². The van der Waals surface area contributed by atoms with E-state index in [1.54, 1.807) is 42.6 Å². The first-order valence-electron chi connectivity index (χ1n) is 9.23. The van der Waals surface area contributed by atoms with Gasteiger partial charge in [-0.25, -0.2) is 23.3 Å². The first-order valence-corrected chi connectivity index (χ1v) is 10.8. The smallest absolute Gasteiger partial charge is 0.323 e. The maximum absolute atomic E-state index is 12.2. The largest absolute Gasteiger partial charge is 0.485 e. The fraction of sp³-hybridized carbons (Fsp3) is 0.100. The normalized spacial score (nSPS) is 12.7. The molecule has 1 aliphatic heterocycles. The number of hydrogen-bond donors (Lipinski definition) is 4. The SMILES string of the molecule is NS(=O)(=O)c1cccc(NC(=O)Nc2ccc(Oc3ccnc4c3OCCN4)cc2)c1. The van der Waals surface area contributed by atoms with E-state index in [1.165, 1.54) is 18.2 Å². The molecule has 11 heteroatoms. The maximum atomic E-state index is 12.2. The van der Waals surface area contributed by atoms with Gasteiger partial charge in [-0.3, -0.25) is 0 Å². The van der Waals surface area contributed by atoms with Crippen LogP contribution in [0.4, 0.5) is 22.0 Å². The molecule has 5 N–H and O–H groups in total. The predicted octanol–water partition coefficient (Wildman–Crippen LogP) is 2.97. The summed E-state index contributed by atoms with van der Waals surface area (Å²) in [7, 11) is -3.86. The van der Waals surface area contributed by atoms with Crippen LogP contribution in [0.1, 0.15) is 0 Å². The number of carbonyl (C=O) groups excluding carboxylic acids is 1. The Labute approximate surface area is 178 Å². The number of ether oxygens (including phenoxy) is 2. The van der Waals surface area contributed by atoms with Crippen molar-refractivity contribution < 1.29 is 22.7 Å². The Kier molecular flexibility index (Phi) is 5.60. The van der Waals surface area contributed by atoms with Gasteiger partial charge in [0.2, 0.25) is 15.8 Å². The van der Waals surface area contributed by atoms with E-state index in [0.717, 1.165) is 0 Å². The third-order valence-electron chi connectivity index (χ3n) is 4.27. The second-order valence-electron chi connectivity index (χ2n) is 6.54. The van der Waals surface area contributed by atoms with Gasteiger partial charge in [0.05, 0.1) is 11.4 Å². The molecule has 4 rings (SSSR count). The number of benzene rings is 2. The molecule has 0 bridgehead atoms. The number of aromatic nitrogens is 1. The average molecular weight is 441 g/mol. The highest BCUT2D eigenvalue weighted by Crippen LogP contribution is 2.37. The molecule has 0 spiro atoms. The summed E-state index contributed by atoms with van der Waals surface area (Å²) in [5, 5.41) is 13.5. The lowest BCUT2D eigenvalue weighted by atomic mass is 10.3. The number of urea groups is 1. The van der Waals surface area contributed by atoms with E-state index in [1.807, 2.05) is 0 Å². The van der Waals surface area contributed by atoms with E-state index >= 15 is 0 Å². The van der Waals surface area contributed by atoms with Crippen LogP contribution in [0.15, 0.2) is 65.7 Å². The zero-order chi connectivity index (χ0) is 21.8. The summed E-state index contributed by atoms with van der Waals surface area (Å²) in [6, 6.07) is 13.6. The second-order valence-corrected chi connectivity index (χ2v) is 8.10. The van der Waals surface area contributed by atoms with Crippen LogP contribution in [0.5, 0.6) is 17.2 Å². The standard InChI is InChI=1S/C20H19N5O5S/c21-31(27,28)16-3-1-2-14(12-16)25-20(26)24-13-4-6-15(7-5-13)30-17-8-9-22-19-18(17)29-11-10-23-19/h1-9,12H,10-11H2,(H,22,23)(H2,21,27,28)(H2,24,25,26). The second kappa shape index (κ2) is 8.50. The molecule has 0 unspecified atom stereocenters. The summed E-state index contributed by atoms with van der Waals surface area (Å²) < 4.78 is 34.4. The van der Waals surface area contributed by atoms with Gasteiger partial charge in [0, 0.05) is 23.6 Å². The monoisotopic (exact) mass is 441 g/mol. The number of rotatable bonds is 5. The number of nitrogens with one attached hydrogen (secondary N) is 3. The number of hydrogen-bond acceptors (Lipinski definition) is 7. The Hall–Kier alpha value is -3.83. The van der Waals surface area contributed by atoms with Crippen LogP contribution in [0.2, 0.25) is 0 Å². The number of primary sulfonamides is 1. The molecule has 31 heavy (non-hydrogen) atoms. The summed E-state index contributed by atoms with van der Waals surface area (Å²) in [5.41, 5.74) is 0.808. The minimum absolute atomic E-state index is 0.0933. The molecule has 2 amide bonds. The number of sulfonamides is 1. The van der Waals surface area contributed by atoms with Crippen LogP contribution in [-0.4, -0.2) is 32.6 Å². The highest BCUT2D eigenvalue weighted by molar-refractivity contribution is 7.89. The minimum atomic E-state index is -3.86. The van der Waals surface area contributed by atoms with Gasteiger partial charge in [-0.15, -0.1) is 0 Å². The van der Waals surface area contributed by atoms with Crippen molar-refractivity contribution in [3.05, 3.63) is 60.8 Å². The van der Waals surface area contributed by atoms with Crippen LogP contribution in [-0.2, 0) is 10.0 Å². The highest BCUT2D eigenvalue weighted by atomic mass is 32.2. The van der Waals surface area contributed by atoms with E-state index in [0.29, 0.717) is 47.6 Å². The topological polar surface area (TPSA) is 145 Å². The summed E-state index contributed by atoms with van der Waals surface area (Å²) in [5.74, 6) is 2.27. The zero-order valence-electron chi connectivity index (χ0n) is 16.2. The van der Waals surface area contributed by atoms with E-state index in [9.17, 15) is 13.2 Å². The van der Waals surface area contributed by atoms with Gasteiger partial charge in [0.25, 0.3) is 0 Å². The van der Waals surface area contributed by atoms with Gasteiger partial charge in [0.15, 0.2) is 11.6 Å². The highest BCUT2D eigenvalue weighted by Gasteiger charge is 2.17. The molecule has 0 atom stereocenters. The summed E-state index contributed by atoms with van der Waals surface area (Å²) >= 11 is 0. The molecule has 1 aliphatic rings. The third-order valence-corrected chi connectivity index (χ3v) is 5.18. The molecule has 2 heterocycles. The molecule has 10 nitrogen and oxygen atoms in total. The van der Waals surface area contributed by atoms with Crippen LogP contribution < -0.4 is 30.6 Å². The fourth-order valence-corrected chi connectivity index (χ4v) is 3.44. The number of nitrogens with zero attached hydrogens (tertiary/aromatic N) is 1. The number of carbonyl (C=O) groups is 1. The minimum Gasteiger partial charge on any atom is -0.485 e. The van der Waals surface area contributed by atoms with Gasteiger partial charge in [0.1, 0.15) is 12.4 Å². The van der Waals surface area contributed by atoms with E-state index in [-0.39, 0.29) is 4.90 Å². The van der Waals surface area contributed by atoms with Gasteiger partial charge in [-0.1, -0.05) is 6.07 Å². The number of amides is 2. The fourth-order valence-electron chi connectivity index (χ4n) is 2.88. The lowest BCUT2D eigenvalue weighted by molar-refractivity contribution is 0.262. The molecular weight excluding hydrogens is 422 g/mol. The third kappa shape index (κ3) is 5.02. The summed E-state index contributed by atoms with van der Waals surface area (Å²) in [4.78, 5) is 16.3. The molecule has 0 saturated carbocycles. The van der Waals surface area contributed by atoms with E-state index in [4.69, 9.17) is 14.6 Å². The van der Waals surface area contributed by atoms with Crippen molar-refractivity contribution in [1.29, 1.82) is 0 Å². The van der Waals surface area contributed by atoms with Crippen molar-refractivity contribution in [3.63, 3.8) is 0 Å². The zero-order valence-corrected chi connectivity index (χ0v) is 17.0. The van der Waals surface area contributed by atoms with Crippen LogP contribution >= 0.6 is 0 Å². The van der Waals surface area contributed by atoms with Gasteiger partial charge >= 0.3 is 6.03 Å². The Bertz CT molecular complexity index is 1210. The van der Waals surface area contributed by atoms with Crippen molar-refractivity contribution in [2.75, 3.05) is 29.1 Å². The van der Waals surface area contributed by atoms with Crippen molar-refractivity contribution in [2.45, 2.75) is 4.90 Å². The van der Waals surface area contributed by atoms with Gasteiger partial charge in [-0.05, 0) is 42.5 Å². The van der Waals surface area contributed by atoms with E-state index < -0.39 is 16.1 Å². The molecule has 3 aromatic rings. The Morgan fingerprint density at radius 3 is 2.65 bits per heavy atom. The molecule has 0 aliphatic carbocycles. The predicted molar refractivity (Wildman–Crippen MR) is 115 cm³/mol. The van der Waals surface area contributed by atoms with Crippen LogP contribution in [0, 0.1) is 0 Å². The van der Waals surface area contributed by atoms with Crippen molar-refractivity contribution in [1.82, 2.24) is 4.98 Å². The number of anilines is 3. The summed E-state index contributed by atoms with van der Waals surface area (Å²) in [6.45, 7) is 1.20. The van der Waals surface area contributed by atoms with Crippen LogP contribution in [0.25, 0.3) is 0 Å². The van der Waals surface area contributed by atoms with Crippen LogP contribution in [0.3, 0.4) is 0 Å². The Balaban J connectivity index is 1.40. The lowest BCUT2D eigenvalue weighted by Crippen LogP contribution is -2.20. The quantitative estimate of drug-likeness (QED) is 0.476. The molecule has 0 fully saturated rings. The molecule has 0 radical (unpaired) electrons. The number of pyridine rings is 1. The first-order chi connectivity index (χ1) is 14.9. The molecular formula is C20H19N5O5S.